The molecule has 0 atom stereocenters. The van der Waals surface area contributed by atoms with Gasteiger partial charge in [-0.25, -0.2) is 4.39 Å². The summed E-state index contributed by atoms with van der Waals surface area (Å²) in [6.45, 7) is 6.51. The molecule has 1 aliphatic heterocycles. The van der Waals surface area contributed by atoms with E-state index >= 15 is 0 Å². The summed E-state index contributed by atoms with van der Waals surface area (Å²) >= 11 is 5.50. The molecule has 2 aromatic carbocycles. The first-order valence-electron chi connectivity index (χ1n) is 8.21. The summed E-state index contributed by atoms with van der Waals surface area (Å²) < 4.78 is 12.9. The molecule has 2 aromatic rings. The van der Waals surface area contributed by atoms with Gasteiger partial charge in [0.2, 0.25) is 0 Å². The molecule has 1 fully saturated rings. The second-order valence-electron chi connectivity index (χ2n) is 6.05. The Kier molecular flexibility index (Phi) is 5.30. The largest absolute Gasteiger partial charge is 0.368 e. The van der Waals surface area contributed by atoms with Crippen molar-refractivity contribution in [1.82, 2.24) is 10.2 Å². The van der Waals surface area contributed by atoms with Crippen LogP contribution in [0.25, 0.3) is 0 Å². The number of rotatable bonds is 3. The van der Waals surface area contributed by atoms with Crippen molar-refractivity contribution in [2.75, 3.05) is 31.1 Å². The lowest BCUT2D eigenvalue weighted by molar-refractivity contribution is 0.380. The first-order valence-corrected chi connectivity index (χ1v) is 8.62. The Labute approximate surface area is 148 Å². The number of benzene rings is 2. The summed E-state index contributed by atoms with van der Waals surface area (Å²) in [4.78, 5) is 4.61. The Bertz CT molecular complexity index is 694. The number of hydrogen-bond acceptors (Lipinski definition) is 2. The normalized spacial score (nSPS) is 14.6. The predicted molar refractivity (Wildman–Crippen MR) is 101 cm³/mol. The Morgan fingerprint density at radius 1 is 1.04 bits per heavy atom. The summed E-state index contributed by atoms with van der Waals surface area (Å²) in [6, 6.07) is 15.0. The van der Waals surface area contributed by atoms with E-state index in [4.69, 9.17) is 12.2 Å². The van der Waals surface area contributed by atoms with Crippen molar-refractivity contribution in [3.63, 3.8) is 0 Å². The van der Waals surface area contributed by atoms with Crippen LogP contribution in [0.1, 0.15) is 11.1 Å². The summed E-state index contributed by atoms with van der Waals surface area (Å²) in [5.74, 6) is -0.214. The molecular weight excluding hydrogens is 321 g/mol. The standard InChI is InChI=1S/C19H22FN3S/c1-15-4-2-3-5-18(15)22-10-12-23(13-11-22)19(24)21-14-16-6-8-17(20)9-7-16/h2-9H,10-14H2,1H3,(H,21,24). The molecule has 0 spiro atoms. The summed E-state index contributed by atoms with van der Waals surface area (Å²) in [7, 11) is 0. The average molecular weight is 343 g/mol. The third-order valence-corrected chi connectivity index (χ3v) is 4.78. The van der Waals surface area contributed by atoms with Crippen LogP contribution in [0.2, 0.25) is 0 Å². The Morgan fingerprint density at radius 2 is 1.71 bits per heavy atom. The number of anilines is 1. The number of hydrogen-bond donors (Lipinski definition) is 1. The predicted octanol–water partition coefficient (Wildman–Crippen LogP) is 3.33. The average Bonchev–Trinajstić information content (AvgIpc) is 2.61. The van der Waals surface area contributed by atoms with Crippen molar-refractivity contribution >= 4 is 23.0 Å². The third kappa shape index (κ3) is 4.03. The van der Waals surface area contributed by atoms with Crippen LogP contribution in [0.3, 0.4) is 0 Å². The maximum Gasteiger partial charge on any atom is 0.169 e. The maximum absolute atomic E-state index is 12.9. The molecule has 1 saturated heterocycles. The maximum atomic E-state index is 12.9. The zero-order chi connectivity index (χ0) is 16.9. The van der Waals surface area contributed by atoms with E-state index in [1.807, 2.05) is 0 Å². The van der Waals surface area contributed by atoms with Gasteiger partial charge in [0.25, 0.3) is 0 Å². The van der Waals surface area contributed by atoms with E-state index in [-0.39, 0.29) is 5.82 Å². The van der Waals surface area contributed by atoms with E-state index < -0.39 is 0 Å². The molecule has 1 heterocycles. The van der Waals surface area contributed by atoms with Crippen molar-refractivity contribution in [3.05, 3.63) is 65.5 Å². The van der Waals surface area contributed by atoms with Gasteiger partial charge in [-0.05, 0) is 48.5 Å². The Balaban J connectivity index is 1.50. The minimum Gasteiger partial charge on any atom is -0.368 e. The zero-order valence-electron chi connectivity index (χ0n) is 13.8. The summed E-state index contributed by atoms with van der Waals surface area (Å²) in [5, 5.41) is 4.04. The van der Waals surface area contributed by atoms with E-state index in [1.165, 1.54) is 23.4 Å². The van der Waals surface area contributed by atoms with Crippen LogP contribution in [0.4, 0.5) is 10.1 Å². The van der Waals surface area contributed by atoms with E-state index in [9.17, 15) is 4.39 Å². The lowest BCUT2D eigenvalue weighted by Gasteiger charge is -2.38. The smallest absolute Gasteiger partial charge is 0.169 e. The molecule has 0 radical (unpaired) electrons. The molecule has 0 amide bonds. The van der Waals surface area contributed by atoms with Gasteiger partial charge in [0.1, 0.15) is 5.82 Å². The molecule has 3 nitrogen and oxygen atoms in total. The van der Waals surface area contributed by atoms with E-state index in [0.29, 0.717) is 6.54 Å². The van der Waals surface area contributed by atoms with Gasteiger partial charge in [0, 0.05) is 38.4 Å². The summed E-state index contributed by atoms with van der Waals surface area (Å²) in [6.07, 6.45) is 0. The lowest BCUT2D eigenvalue weighted by Crippen LogP contribution is -2.51. The number of aryl methyl sites for hydroxylation is 1. The number of piperazine rings is 1. The van der Waals surface area contributed by atoms with Crippen molar-refractivity contribution < 1.29 is 4.39 Å². The number of thiocarbonyl (C=S) groups is 1. The monoisotopic (exact) mass is 343 g/mol. The van der Waals surface area contributed by atoms with Crippen molar-refractivity contribution in [2.45, 2.75) is 13.5 Å². The molecule has 0 aliphatic carbocycles. The minimum atomic E-state index is -0.214. The van der Waals surface area contributed by atoms with E-state index in [0.717, 1.165) is 36.9 Å². The van der Waals surface area contributed by atoms with Crippen LogP contribution >= 0.6 is 12.2 Å². The molecule has 126 valence electrons. The fraction of sp³-hybridized carbons (Fsp3) is 0.316. The molecule has 0 bridgehead atoms. The fourth-order valence-electron chi connectivity index (χ4n) is 2.96. The van der Waals surface area contributed by atoms with Gasteiger partial charge >= 0.3 is 0 Å². The highest BCUT2D eigenvalue weighted by atomic mass is 32.1. The molecule has 1 N–H and O–H groups in total. The second kappa shape index (κ2) is 7.62. The highest BCUT2D eigenvalue weighted by molar-refractivity contribution is 7.80. The highest BCUT2D eigenvalue weighted by Gasteiger charge is 2.19. The van der Waals surface area contributed by atoms with E-state index in [1.54, 1.807) is 12.1 Å². The van der Waals surface area contributed by atoms with Crippen LogP contribution in [0.5, 0.6) is 0 Å². The molecule has 5 heteroatoms. The van der Waals surface area contributed by atoms with Crippen LogP contribution in [0.15, 0.2) is 48.5 Å². The SMILES string of the molecule is Cc1ccccc1N1CCN(C(=S)NCc2ccc(F)cc2)CC1. The van der Waals surface area contributed by atoms with Gasteiger partial charge in [-0.15, -0.1) is 0 Å². The first kappa shape index (κ1) is 16.7. The van der Waals surface area contributed by atoms with E-state index in [2.05, 4.69) is 46.3 Å². The van der Waals surface area contributed by atoms with Gasteiger partial charge in [0.05, 0.1) is 0 Å². The van der Waals surface area contributed by atoms with Gasteiger partial charge in [0.15, 0.2) is 5.11 Å². The third-order valence-electron chi connectivity index (χ3n) is 4.38. The number of para-hydroxylation sites is 1. The van der Waals surface area contributed by atoms with Crippen molar-refractivity contribution in [2.24, 2.45) is 0 Å². The van der Waals surface area contributed by atoms with Crippen LogP contribution in [-0.2, 0) is 6.54 Å². The second-order valence-corrected chi connectivity index (χ2v) is 6.43. The first-order chi connectivity index (χ1) is 11.6. The van der Waals surface area contributed by atoms with Gasteiger partial charge < -0.3 is 15.1 Å². The quantitative estimate of drug-likeness (QED) is 0.862. The molecule has 1 aliphatic rings. The molecule has 0 unspecified atom stereocenters. The van der Waals surface area contributed by atoms with Gasteiger partial charge in [-0.2, -0.15) is 0 Å². The number of nitrogens with zero attached hydrogens (tertiary/aromatic N) is 2. The number of nitrogens with one attached hydrogen (secondary N) is 1. The molecular formula is C19H22FN3S. The Morgan fingerprint density at radius 3 is 2.38 bits per heavy atom. The minimum absolute atomic E-state index is 0.214. The molecule has 0 saturated carbocycles. The van der Waals surface area contributed by atoms with Gasteiger partial charge in [-0.3, -0.25) is 0 Å². The van der Waals surface area contributed by atoms with Crippen molar-refractivity contribution in [1.29, 1.82) is 0 Å². The molecule has 3 rings (SSSR count). The van der Waals surface area contributed by atoms with Crippen molar-refractivity contribution in [3.8, 4) is 0 Å². The lowest BCUT2D eigenvalue weighted by atomic mass is 10.1. The zero-order valence-corrected chi connectivity index (χ0v) is 14.7. The Hall–Kier alpha value is -2.14. The van der Waals surface area contributed by atoms with Crippen LogP contribution < -0.4 is 10.2 Å². The molecule has 24 heavy (non-hydrogen) atoms. The number of halogens is 1. The summed E-state index contributed by atoms with van der Waals surface area (Å²) in [5.41, 5.74) is 3.64. The fourth-order valence-corrected chi connectivity index (χ4v) is 3.22. The highest BCUT2D eigenvalue weighted by Crippen LogP contribution is 2.20. The topological polar surface area (TPSA) is 18.5 Å². The van der Waals surface area contributed by atoms with Crippen LogP contribution in [0, 0.1) is 12.7 Å². The van der Waals surface area contributed by atoms with Gasteiger partial charge in [-0.1, -0.05) is 30.3 Å². The van der Waals surface area contributed by atoms with Crippen LogP contribution in [-0.4, -0.2) is 36.2 Å². The molecule has 0 aromatic heterocycles.